The van der Waals surface area contributed by atoms with Gasteiger partial charge in [-0.1, -0.05) is 12.1 Å². The van der Waals surface area contributed by atoms with Crippen LogP contribution in [0.15, 0.2) is 29.7 Å². The van der Waals surface area contributed by atoms with Gasteiger partial charge in [-0.25, -0.2) is 4.79 Å². The number of thiophene rings is 1. The zero-order valence-corrected chi connectivity index (χ0v) is 11.5. The lowest BCUT2D eigenvalue weighted by Crippen LogP contribution is -2.25. The van der Waals surface area contributed by atoms with E-state index in [0.717, 1.165) is 13.1 Å². The molecule has 1 heterocycles. The zero-order valence-electron chi connectivity index (χ0n) is 10.7. The first-order chi connectivity index (χ1) is 8.79. The maximum Gasteiger partial charge on any atom is 0.330 e. The zero-order chi connectivity index (χ0) is 12.8. The highest BCUT2D eigenvalue weighted by Gasteiger charge is 2.28. The van der Waals surface area contributed by atoms with Crippen LogP contribution in [0.2, 0.25) is 0 Å². The molecule has 0 amide bonds. The van der Waals surface area contributed by atoms with E-state index in [1.54, 1.807) is 11.3 Å². The summed E-state index contributed by atoms with van der Waals surface area (Å²) in [4.78, 5) is 15.0. The Hall–Kier alpha value is -1.13. The molecular weight excluding hydrogens is 246 g/mol. The number of ether oxygens (including phenoxy) is 1. The number of nitrogens with zero attached hydrogens (tertiary/aromatic N) is 1. The fraction of sp³-hybridized carbons (Fsp3) is 0.500. The van der Waals surface area contributed by atoms with Crippen LogP contribution in [-0.4, -0.2) is 30.1 Å². The maximum atomic E-state index is 11.2. The van der Waals surface area contributed by atoms with Gasteiger partial charge in [-0.15, -0.1) is 11.3 Å². The lowest BCUT2D eigenvalue weighted by molar-refractivity contribution is -0.137. The van der Waals surface area contributed by atoms with E-state index < -0.39 is 0 Å². The summed E-state index contributed by atoms with van der Waals surface area (Å²) >= 11 is 1.79. The van der Waals surface area contributed by atoms with Crippen LogP contribution >= 0.6 is 11.3 Å². The topological polar surface area (TPSA) is 29.5 Å². The second kappa shape index (κ2) is 6.71. The van der Waals surface area contributed by atoms with Crippen LogP contribution in [0.4, 0.5) is 0 Å². The molecule has 0 spiro atoms. The van der Waals surface area contributed by atoms with Crippen molar-refractivity contribution in [2.75, 3.05) is 13.2 Å². The lowest BCUT2D eigenvalue weighted by atomic mass is 10.3. The van der Waals surface area contributed by atoms with Gasteiger partial charge in [0.2, 0.25) is 0 Å². The van der Waals surface area contributed by atoms with Gasteiger partial charge in [-0.05, 0) is 31.2 Å². The number of carbonyl (C=O) groups is 1. The average Bonchev–Trinajstić information content (AvgIpc) is 3.07. The predicted molar refractivity (Wildman–Crippen MR) is 73.5 cm³/mol. The van der Waals surface area contributed by atoms with Crippen molar-refractivity contribution in [1.82, 2.24) is 4.90 Å². The molecule has 18 heavy (non-hydrogen) atoms. The Kier molecular flexibility index (Phi) is 4.96. The first-order valence-electron chi connectivity index (χ1n) is 6.39. The van der Waals surface area contributed by atoms with Crippen LogP contribution in [0.25, 0.3) is 0 Å². The molecule has 1 aliphatic rings. The lowest BCUT2D eigenvalue weighted by Gasteiger charge is -2.19. The van der Waals surface area contributed by atoms with Crippen molar-refractivity contribution in [3.63, 3.8) is 0 Å². The standard InChI is InChI=1S/C14H19NO2S/c1-2-17-14(16)6-3-9-15(12-7-8-12)11-13-5-4-10-18-13/h3-6,10,12H,2,7-9,11H2,1H3/b6-3+. The molecule has 0 saturated heterocycles. The van der Waals surface area contributed by atoms with Crippen LogP contribution in [0.5, 0.6) is 0 Å². The van der Waals surface area contributed by atoms with Crippen molar-refractivity contribution < 1.29 is 9.53 Å². The molecule has 0 radical (unpaired) electrons. The molecular formula is C14H19NO2S. The van der Waals surface area contributed by atoms with Crippen LogP contribution in [0, 0.1) is 0 Å². The normalized spacial score (nSPS) is 15.4. The summed E-state index contributed by atoms with van der Waals surface area (Å²) in [6.07, 6.45) is 5.99. The van der Waals surface area contributed by atoms with Gasteiger partial charge in [0.05, 0.1) is 6.61 Å². The van der Waals surface area contributed by atoms with Crippen molar-refractivity contribution in [2.24, 2.45) is 0 Å². The van der Waals surface area contributed by atoms with E-state index in [1.165, 1.54) is 23.8 Å². The molecule has 1 aromatic rings. The van der Waals surface area contributed by atoms with Crippen molar-refractivity contribution in [1.29, 1.82) is 0 Å². The van der Waals surface area contributed by atoms with Gasteiger partial charge in [-0.3, -0.25) is 4.90 Å². The largest absolute Gasteiger partial charge is 0.463 e. The van der Waals surface area contributed by atoms with Crippen LogP contribution in [0.3, 0.4) is 0 Å². The second-order valence-corrected chi connectivity index (χ2v) is 5.43. The van der Waals surface area contributed by atoms with E-state index >= 15 is 0 Å². The molecule has 1 aliphatic carbocycles. The van der Waals surface area contributed by atoms with Gasteiger partial charge >= 0.3 is 5.97 Å². The molecule has 0 bridgehead atoms. The molecule has 0 aliphatic heterocycles. The summed E-state index contributed by atoms with van der Waals surface area (Å²) in [5.41, 5.74) is 0. The monoisotopic (exact) mass is 265 g/mol. The van der Waals surface area contributed by atoms with E-state index in [-0.39, 0.29) is 5.97 Å². The quantitative estimate of drug-likeness (QED) is 0.561. The Labute approximate surface area is 112 Å². The average molecular weight is 265 g/mol. The van der Waals surface area contributed by atoms with Gasteiger partial charge in [0.25, 0.3) is 0 Å². The summed E-state index contributed by atoms with van der Waals surface area (Å²) in [7, 11) is 0. The van der Waals surface area contributed by atoms with Crippen molar-refractivity contribution in [2.45, 2.75) is 32.4 Å². The Bertz CT molecular complexity index is 396. The van der Waals surface area contributed by atoms with E-state index in [4.69, 9.17) is 4.74 Å². The van der Waals surface area contributed by atoms with Gasteiger partial charge in [0, 0.05) is 30.1 Å². The Morgan fingerprint density at radius 2 is 2.44 bits per heavy atom. The highest BCUT2D eigenvalue weighted by Crippen LogP contribution is 2.28. The number of esters is 1. The minimum atomic E-state index is -0.246. The fourth-order valence-corrected chi connectivity index (χ4v) is 2.59. The third-order valence-corrected chi connectivity index (χ3v) is 3.74. The molecule has 1 aromatic heterocycles. The minimum Gasteiger partial charge on any atom is -0.463 e. The number of rotatable bonds is 7. The second-order valence-electron chi connectivity index (χ2n) is 4.39. The molecule has 0 unspecified atom stereocenters. The molecule has 1 saturated carbocycles. The van der Waals surface area contributed by atoms with Gasteiger partial charge in [0.1, 0.15) is 0 Å². The maximum absolute atomic E-state index is 11.2. The van der Waals surface area contributed by atoms with Crippen LogP contribution in [0.1, 0.15) is 24.6 Å². The molecule has 2 rings (SSSR count). The Balaban J connectivity index is 1.81. The first kappa shape index (κ1) is 13.3. The number of carbonyl (C=O) groups excluding carboxylic acids is 1. The SMILES string of the molecule is CCOC(=O)/C=C/CN(Cc1cccs1)C1CC1. The van der Waals surface area contributed by atoms with Crippen LogP contribution in [-0.2, 0) is 16.1 Å². The summed E-state index contributed by atoms with van der Waals surface area (Å²) < 4.78 is 4.86. The van der Waals surface area contributed by atoms with Gasteiger partial charge in [0.15, 0.2) is 0 Å². The summed E-state index contributed by atoms with van der Waals surface area (Å²) in [5.74, 6) is -0.246. The molecule has 98 valence electrons. The van der Waals surface area contributed by atoms with Gasteiger partial charge in [-0.2, -0.15) is 0 Å². The summed E-state index contributed by atoms with van der Waals surface area (Å²) in [6.45, 7) is 4.06. The van der Waals surface area contributed by atoms with Crippen molar-refractivity contribution in [3.05, 3.63) is 34.5 Å². The Morgan fingerprint density at radius 1 is 1.61 bits per heavy atom. The number of hydrogen-bond donors (Lipinski definition) is 0. The smallest absolute Gasteiger partial charge is 0.330 e. The highest BCUT2D eigenvalue weighted by atomic mass is 32.1. The van der Waals surface area contributed by atoms with E-state index in [1.807, 2.05) is 13.0 Å². The van der Waals surface area contributed by atoms with E-state index in [0.29, 0.717) is 12.6 Å². The molecule has 0 atom stereocenters. The van der Waals surface area contributed by atoms with Gasteiger partial charge < -0.3 is 4.74 Å². The highest BCUT2D eigenvalue weighted by molar-refractivity contribution is 7.09. The molecule has 0 aromatic carbocycles. The molecule has 1 fully saturated rings. The van der Waals surface area contributed by atoms with Crippen molar-refractivity contribution >= 4 is 17.3 Å². The third kappa shape index (κ3) is 4.27. The summed E-state index contributed by atoms with van der Waals surface area (Å²) in [6, 6.07) is 4.94. The fourth-order valence-electron chi connectivity index (χ4n) is 1.86. The van der Waals surface area contributed by atoms with E-state index in [2.05, 4.69) is 22.4 Å². The van der Waals surface area contributed by atoms with E-state index in [9.17, 15) is 4.79 Å². The van der Waals surface area contributed by atoms with Crippen LogP contribution < -0.4 is 0 Å². The number of hydrogen-bond acceptors (Lipinski definition) is 4. The third-order valence-electron chi connectivity index (χ3n) is 2.88. The minimum absolute atomic E-state index is 0.246. The molecule has 3 nitrogen and oxygen atoms in total. The van der Waals surface area contributed by atoms with Crippen molar-refractivity contribution in [3.8, 4) is 0 Å². The predicted octanol–water partition coefficient (Wildman–Crippen LogP) is 2.83. The first-order valence-corrected chi connectivity index (χ1v) is 7.27. The Morgan fingerprint density at radius 3 is 3.06 bits per heavy atom. The molecule has 4 heteroatoms. The molecule has 0 N–H and O–H groups in total. The summed E-state index contributed by atoms with van der Waals surface area (Å²) in [5, 5.41) is 2.11.